The van der Waals surface area contributed by atoms with Gasteiger partial charge >= 0.3 is 0 Å². The first kappa shape index (κ1) is 12.6. The van der Waals surface area contributed by atoms with E-state index in [-0.39, 0.29) is 10.6 Å². The van der Waals surface area contributed by atoms with Crippen molar-refractivity contribution in [2.24, 2.45) is 0 Å². The minimum absolute atomic E-state index is 0.133. The van der Waals surface area contributed by atoms with Gasteiger partial charge in [0.05, 0.1) is 22.0 Å². The number of hydrogen-bond donors (Lipinski definition) is 1. The second-order valence-electron chi connectivity index (χ2n) is 4.01. The average Bonchev–Trinajstić information content (AvgIpc) is 2.39. The maximum absolute atomic E-state index is 12.4. The number of pyridine rings is 1. The molecule has 2 N–H and O–H groups in total. The highest BCUT2D eigenvalue weighted by Gasteiger charge is 2.26. The molecule has 2 aromatic rings. The lowest BCUT2D eigenvalue weighted by atomic mass is 10.2. The first-order valence-electron chi connectivity index (χ1n) is 5.52. The van der Waals surface area contributed by atoms with E-state index in [0.29, 0.717) is 0 Å². The summed E-state index contributed by atoms with van der Waals surface area (Å²) >= 11 is 0. The standard InChI is InChI=1S/C13H14N2O2S/c1-10(11-5-3-2-4-6-11)18(16,17)13-7-8-15-9-12(13)14/h2-10H,14H2,1H3. The Balaban J connectivity index is 2.48. The summed E-state index contributed by atoms with van der Waals surface area (Å²) in [7, 11) is -3.49. The van der Waals surface area contributed by atoms with E-state index in [9.17, 15) is 8.42 Å². The Labute approximate surface area is 106 Å². The van der Waals surface area contributed by atoms with Gasteiger partial charge in [0.1, 0.15) is 0 Å². The monoisotopic (exact) mass is 262 g/mol. The SMILES string of the molecule is CC(c1ccccc1)S(=O)(=O)c1ccncc1N. The lowest BCUT2D eigenvalue weighted by molar-refractivity contribution is 0.586. The van der Waals surface area contributed by atoms with Gasteiger partial charge in [0.25, 0.3) is 0 Å². The van der Waals surface area contributed by atoms with Gasteiger partial charge in [-0.1, -0.05) is 30.3 Å². The fourth-order valence-corrected chi connectivity index (χ4v) is 3.27. The zero-order valence-corrected chi connectivity index (χ0v) is 10.8. The number of aromatic nitrogens is 1. The highest BCUT2D eigenvalue weighted by atomic mass is 32.2. The van der Waals surface area contributed by atoms with E-state index < -0.39 is 15.1 Å². The third-order valence-corrected chi connectivity index (χ3v) is 5.04. The third-order valence-electron chi connectivity index (χ3n) is 2.85. The van der Waals surface area contributed by atoms with Crippen molar-refractivity contribution in [1.29, 1.82) is 0 Å². The minimum Gasteiger partial charge on any atom is -0.396 e. The van der Waals surface area contributed by atoms with Crippen molar-refractivity contribution in [3.8, 4) is 0 Å². The van der Waals surface area contributed by atoms with Crippen LogP contribution in [0.5, 0.6) is 0 Å². The van der Waals surface area contributed by atoms with Gasteiger partial charge in [0.2, 0.25) is 0 Å². The predicted molar refractivity (Wildman–Crippen MR) is 70.7 cm³/mol. The molecule has 0 aliphatic rings. The number of anilines is 1. The van der Waals surface area contributed by atoms with Crippen molar-refractivity contribution in [3.05, 3.63) is 54.4 Å². The van der Waals surface area contributed by atoms with E-state index in [0.717, 1.165) is 5.56 Å². The zero-order valence-electron chi connectivity index (χ0n) is 9.95. The molecular weight excluding hydrogens is 248 g/mol. The van der Waals surface area contributed by atoms with Crippen LogP contribution in [0, 0.1) is 0 Å². The van der Waals surface area contributed by atoms with Crippen molar-refractivity contribution in [3.63, 3.8) is 0 Å². The zero-order chi connectivity index (χ0) is 13.2. The summed E-state index contributed by atoms with van der Waals surface area (Å²) in [5.74, 6) is 0. The highest BCUT2D eigenvalue weighted by molar-refractivity contribution is 7.91. The Morgan fingerprint density at radius 3 is 2.44 bits per heavy atom. The Kier molecular flexibility index (Phi) is 3.34. The molecule has 0 radical (unpaired) electrons. The Bertz CT molecular complexity index is 639. The fourth-order valence-electron chi connectivity index (χ4n) is 1.75. The second kappa shape index (κ2) is 4.78. The molecule has 5 heteroatoms. The summed E-state index contributed by atoms with van der Waals surface area (Å²) in [6.07, 6.45) is 2.78. The van der Waals surface area contributed by atoms with Gasteiger partial charge in [-0.25, -0.2) is 8.42 Å². The predicted octanol–water partition coefficient (Wildman–Crippen LogP) is 2.20. The summed E-state index contributed by atoms with van der Waals surface area (Å²) in [5.41, 5.74) is 6.61. The molecule has 0 aliphatic heterocycles. The van der Waals surface area contributed by atoms with Crippen LogP contribution in [0.3, 0.4) is 0 Å². The molecule has 94 valence electrons. The third kappa shape index (κ3) is 2.22. The molecule has 0 saturated heterocycles. The molecule has 1 unspecified atom stereocenters. The van der Waals surface area contributed by atoms with Gasteiger partial charge in [-0.05, 0) is 18.6 Å². The van der Waals surface area contributed by atoms with Crippen LogP contribution in [-0.4, -0.2) is 13.4 Å². The van der Waals surface area contributed by atoms with Crippen LogP contribution in [0.25, 0.3) is 0 Å². The average molecular weight is 262 g/mol. The summed E-state index contributed by atoms with van der Waals surface area (Å²) < 4.78 is 24.9. The number of sulfone groups is 1. The number of nitrogens with zero attached hydrogens (tertiary/aromatic N) is 1. The smallest absolute Gasteiger partial charge is 0.187 e. The van der Waals surface area contributed by atoms with Gasteiger partial charge in [-0.3, -0.25) is 4.98 Å². The quantitative estimate of drug-likeness (QED) is 0.920. The van der Waals surface area contributed by atoms with Crippen LogP contribution in [-0.2, 0) is 9.84 Å². The van der Waals surface area contributed by atoms with Crippen LogP contribution in [0.2, 0.25) is 0 Å². The summed E-state index contributed by atoms with van der Waals surface area (Å²) in [6, 6.07) is 10.5. The van der Waals surface area contributed by atoms with Gasteiger partial charge in [-0.2, -0.15) is 0 Å². The van der Waals surface area contributed by atoms with E-state index in [1.165, 1.54) is 18.5 Å². The highest BCUT2D eigenvalue weighted by Crippen LogP contribution is 2.30. The number of benzene rings is 1. The maximum atomic E-state index is 12.4. The molecule has 18 heavy (non-hydrogen) atoms. The first-order chi connectivity index (χ1) is 8.53. The molecule has 1 aromatic carbocycles. The molecule has 1 aromatic heterocycles. The van der Waals surface area contributed by atoms with Gasteiger partial charge < -0.3 is 5.73 Å². The minimum atomic E-state index is -3.49. The Hall–Kier alpha value is -1.88. The largest absolute Gasteiger partial charge is 0.396 e. The molecule has 0 bridgehead atoms. The molecule has 4 nitrogen and oxygen atoms in total. The van der Waals surface area contributed by atoms with Crippen LogP contribution in [0.4, 0.5) is 5.69 Å². The van der Waals surface area contributed by atoms with E-state index in [4.69, 9.17) is 5.73 Å². The molecular formula is C13H14N2O2S. The Morgan fingerprint density at radius 2 is 1.83 bits per heavy atom. The van der Waals surface area contributed by atoms with Crippen molar-refractivity contribution in [2.45, 2.75) is 17.1 Å². The molecule has 0 saturated carbocycles. The normalized spacial score (nSPS) is 13.2. The fraction of sp³-hybridized carbons (Fsp3) is 0.154. The molecule has 0 spiro atoms. The number of hydrogen-bond acceptors (Lipinski definition) is 4. The van der Waals surface area contributed by atoms with Crippen LogP contribution >= 0.6 is 0 Å². The molecule has 0 amide bonds. The summed E-state index contributed by atoms with van der Waals surface area (Å²) in [4.78, 5) is 3.93. The Morgan fingerprint density at radius 1 is 1.17 bits per heavy atom. The van der Waals surface area contributed by atoms with E-state index >= 15 is 0 Å². The van der Waals surface area contributed by atoms with Crippen LogP contribution in [0.15, 0.2) is 53.7 Å². The lowest BCUT2D eigenvalue weighted by Gasteiger charge is -2.14. The molecule has 0 aliphatic carbocycles. The van der Waals surface area contributed by atoms with E-state index in [2.05, 4.69) is 4.98 Å². The first-order valence-corrected chi connectivity index (χ1v) is 7.06. The lowest BCUT2D eigenvalue weighted by Crippen LogP contribution is -2.12. The number of nitrogen functional groups attached to an aromatic ring is 1. The molecule has 2 rings (SSSR count). The number of rotatable bonds is 3. The van der Waals surface area contributed by atoms with Crippen molar-refractivity contribution >= 4 is 15.5 Å². The van der Waals surface area contributed by atoms with E-state index in [1.54, 1.807) is 19.1 Å². The van der Waals surface area contributed by atoms with Gasteiger partial charge in [0, 0.05) is 6.20 Å². The van der Waals surface area contributed by atoms with Gasteiger partial charge in [0.15, 0.2) is 9.84 Å². The maximum Gasteiger partial charge on any atom is 0.187 e. The van der Waals surface area contributed by atoms with Crippen molar-refractivity contribution < 1.29 is 8.42 Å². The van der Waals surface area contributed by atoms with Crippen molar-refractivity contribution in [1.82, 2.24) is 4.98 Å². The molecule has 1 atom stereocenters. The summed E-state index contributed by atoms with van der Waals surface area (Å²) in [6.45, 7) is 1.66. The summed E-state index contributed by atoms with van der Waals surface area (Å²) in [5, 5.41) is -0.636. The van der Waals surface area contributed by atoms with Crippen LogP contribution < -0.4 is 5.73 Å². The second-order valence-corrected chi connectivity index (χ2v) is 6.25. The molecule has 1 heterocycles. The van der Waals surface area contributed by atoms with E-state index in [1.807, 2.05) is 18.2 Å². The number of nitrogens with two attached hydrogens (primary N) is 1. The van der Waals surface area contributed by atoms with Gasteiger partial charge in [-0.15, -0.1) is 0 Å². The topological polar surface area (TPSA) is 73.0 Å². The van der Waals surface area contributed by atoms with Crippen LogP contribution in [0.1, 0.15) is 17.7 Å². The van der Waals surface area contributed by atoms with Crippen molar-refractivity contribution in [2.75, 3.05) is 5.73 Å². The molecule has 0 fully saturated rings.